The maximum absolute atomic E-state index is 14.8. The predicted octanol–water partition coefficient (Wildman–Crippen LogP) is 3.92. The van der Waals surface area contributed by atoms with E-state index in [1.165, 1.54) is 12.1 Å². The number of anilines is 1. The summed E-state index contributed by atoms with van der Waals surface area (Å²) in [5.41, 5.74) is 1.33. The molecule has 1 aliphatic heterocycles. The van der Waals surface area contributed by atoms with Crippen LogP contribution in [-0.4, -0.2) is 32.1 Å². The van der Waals surface area contributed by atoms with Crippen molar-refractivity contribution >= 4 is 30.0 Å². The van der Waals surface area contributed by atoms with Crippen molar-refractivity contribution < 1.29 is 23.5 Å². The summed E-state index contributed by atoms with van der Waals surface area (Å²) in [6.45, 7) is 5.80. The Morgan fingerprint density at radius 3 is 2.61 bits per heavy atom. The molecular weight excluding hydrogens is 423 g/mol. The highest BCUT2D eigenvalue weighted by atomic mass is 35.5. The van der Waals surface area contributed by atoms with Crippen LogP contribution in [0.3, 0.4) is 0 Å². The van der Waals surface area contributed by atoms with Gasteiger partial charge in [-0.1, -0.05) is 12.1 Å². The Kier molecular flexibility index (Phi) is 8.03. The average molecular weight is 451 g/mol. The van der Waals surface area contributed by atoms with Crippen LogP contribution in [0, 0.1) is 5.82 Å². The Balaban J connectivity index is 0.00000341. The van der Waals surface area contributed by atoms with Crippen molar-refractivity contribution in [2.24, 2.45) is 0 Å². The van der Waals surface area contributed by atoms with Gasteiger partial charge in [0.2, 0.25) is 5.91 Å². The van der Waals surface area contributed by atoms with Gasteiger partial charge in [-0.3, -0.25) is 9.59 Å². The highest BCUT2D eigenvalue weighted by Gasteiger charge is 2.34. The lowest BCUT2D eigenvalue weighted by Gasteiger charge is -2.27. The molecule has 0 bridgehead atoms. The Bertz CT molecular complexity index is 965. The van der Waals surface area contributed by atoms with Crippen LogP contribution in [0.2, 0.25) is 0 Å². The second kappa shape index (κ2) is 10.1. The van der Waals surface area contributed by atoms with Crippen molar-refractivity contribution in [1.82, 2.24) is 5.32 Å². The van der Waals surface area contributed by atoms with Crippen molar-refractivity contribution in [2.45, 2.75) is 38.6 Å². The SMILES string of the molecule is CCOC(=O)C(C)(C)c1ccc(NC(=O)C2NCCc3cc(OC)ccc32)cc1F.Cl. The van der Waals surface area contributed by atoms with Gasteiger partial charge in [0.05, 0.1) is 19.1 Å². The molecule has 0 aromatic heterocycles. The molecule has 0 saturated carbocycles. The fraction of sp³-hybridized carbons (Fsp3) is 0.391. The molecule has 2 N–H and O–H groups in total. The maximum atomic E-state index is 14.8. The number of nitrogens with one attached hydrogen (secondary N) is 2. The van der Waals surface area contributed by atoms with Crippen LogP contribution in [-0.2, 0) is 26.2 Å². The van der Waals surface area contributed by atoms with E-state index in [1.54, 1.807) is 33.9 Å². The molecule has 0 saturated heterocycles. The number of halogens is 2. The largest absolute Gasteiger partial charge is 0.497 e. The molecule has 0 radical (unpaired) electrons. The van der Waals surface area contributed by atoms with E-state index in [4.69, 9.17) is 9.47 Å². The Morgan fingerprint density at radius 1 is 1.23 bits per heavy atom. The summed E-state index contributed by atoms with van der Waals surface area (Å²) < 4.78 is 25.1. The third-order valence-electron chi connectivity index (χ3n) is 5.36. The number of hydrogen-bond acceptors (Lipinski definition) is 5. The van der Waals surface area contributed by atoms with E-state index in [2.05, 4.69) is 10.6 Å². The van der Waals surface area contributed by atoms with Gasteiger partial charge in [0.1, 0.15) is 17.6 Å². The highest BCUT2D eigenvalue weighted by molar-refractivity contribution is 5.96. The summed E-state index contributed by atoms with van der Waals surface area (Å²) in [5.74, 6) is -0.610. The summed E-state index contributed by atoms with van der Waals surface area (Å²) in [6, 6.07) is 9.41. The number of fused-ring (bicyclic) bond motifs is 1. The summed E-state index contributed by atoms with van der Waals surface area (Å²) in [4.78, 5) is 25.0. The number of methoxy groups -OCH3 is 1. The number of amides is 1. The number of hydrogen-bond donors (Lipinski definition) is 2. The molecule has 1 amide bonds. The second-order valence-corrected chi connectivity index (χ2v) is 7.73. The predicted molar refractivity (Wildman–Crippen MR) is 119 cm³/mol. The van der Waals surface area contributed by atoms with Gasteiger partial charge in [-0.15, -0.1) is 12.4 Å². The molecule has 0 spiro atoms. The zero-order chi connectivity index (χ0) is 21.9. The molecule has 0 aliphatic carbocycles. The first-order valence-corrected chi connectivity index (χ1v) is 9.96. The van der Waals surface area contributed by atoms with Crippen LogP contribution in [0.25, 0.3) is 0 Å². The second-order valence-electron chi connectivity index (χ2n) is 7.73. The maximum Gasteiger partial charge on any atom is 0.316 e. The number of benzene rings is 2. The first-order chi connectivity index (χ1) is 14.3. The summed E-state index contributed by atoms with van der Waals surface area (Å²) in [5, 5.41) is 5.97. The standard InChI is InChI=1S/C23H27FN2O4.ClH/c1-5-30-22(28)23(2,3)18-9-6-15(13-19(18)24)26-21(27)20-17-8-7-16(29-4)12-14(17)10-11-25-20;/h6-9,12-13,20,25H,5,10-11H2,1-4H3,(H,26,27);1H. The monoisotopic (exact) mass is 450 g/mol. The first kappa shape index (κ1) is 24.6. The molecule has 0 fully saturated rings. The van der Waals surface area contributed by atoms with Crippen LogP contribution in [0.5, 0.6) is 5.75 Å². The van der Waals surface area contributed by atoms with E-state index in [0.29, 0.717) is 12.2 Å². The number of rotatable bonds is 6. The van der Waals surface area contributed by atoms with Gasteiger partial charge in [-0.05, 0) is 62.6 Å². The number of carbonyl (C=O) groups excluding carboxylic acids is 2. The van der Waals surface area contributed by atoms with Crippen molar-refractivity contribution in [2.75, 3.05) is 25.6 Å². The average Bonchev–Trinajstić information content (AvgIpc) is 2.72. The first-order valence-electron chi connectivity index (χ1n) is 9.96. The Labute approximate surface area is 187 Å². The molecule has 1 aliphatic rings. The Morgan fingerprint density at radius 2 is 1.97 bits per heavy atom. The molecule has 1 unspecified atom stereocenters. The molecule has 3 rings (SSSR count). The molecule has 6 nitrogen and oxygen atoms in total. The molecule has 168 valence electrons. The third-order valence-corrected chi connectivity index (χ3v) is 5.36. The fourth-order valence-corrected chi connectivity index (χ4v) is 3.64. The minimum absolute atomic E-state index is 0. The topological polar surface area (TPSA) is 76.7 Å². The van der Waals surface area contributed by atoms with Crippen molar-refractivity contribution in [3.8, 4) is 5.75 Å². The minimum Gasteiger partial charge on any atom is -0.497 e. The van der Waals surface area contributed by atoms with Gasteiger partial charge in [-0.2, -0.15) is 0 Å². The molecule has 1 atom stereocenters. The molecule has 2 aromatic carbocycles. The van der Waals surface area contributed by atoms with Gasteiger partial charge in [0.25, 0.3) is 0 Å². The van der Waals surface area contributed by atoms with Crippen molar-refractivity contribution in [3.05, 3.63) is 58.9 Å². The number of carbonyl (C=O) groups is 2. The van der Waals surface area contributed by atoms with Gasteiger partial charge in [0.15, 0.2) is 0 Å². The number of esters is 1. The molecule has 31 heavy (non-hydrogen) atoms. The third kappa shape index (κ3) is 5.17. The fourth-order valence-electron chi connectivity index (χ4n) is 3.64. The number of ether oxygens (including phenoxy) is 2. The van der Waals surface area contributed by atoms with E-state index < -0.39 is 23.2 Å². The van der Waals surface area contributed by atoms with Gasteiger partial charge in [0, 0.05) is 17.8 Å². The minimum atomic E-state index is -1.13. The molecule has 2 aromatic rings. The van der Waals surface area contributed by atoms with E-state index in [9.17, 15) is 14.0 Å². The Hall–Kier alpha value is -2.64. The lowest BCUT2D eigenvalue weighted by Crippen LogP contribution is -2.38. The van der Waals surface area contributed by atoms with Crippen molar-refractivity contribution in [3.63, 3.8) is 0 Å². The van der Waals surface area contributed by atoms with Gasteiger partial charge >= 0.3 is 5.97 Å². The van der Waals surface area contributed by atoms with E-state index in [0.717, 1.165) is 23.3 Å². The lowest BCUT2D eigenvalue weighted by molar-refractivity contribution is -0.148. The smallest absolute Gasteiger partial charge is 0.316 e. The van der Waals surface area contributed by atoms with E-state index in [1.807, 2.05) is 18.2 Å². The van der Waals surface area contributed by atoms with Crippen LogP contribution in [0.15, 0.2) is 36.4 Å². The molecular formula is C23H28ClFN2O4. The van der Waals surface area contributed by atoms with Crippen LogP contribution in [0.1, 0.15) is 43.5 Å². The normalized spacial score (nSPS) is 15.3. The lowest BCUT2D eigenvalue weighted by atomic mass is 9.84. The zero-order valence-electron chi connectivity index (χ0n) is 18.1. The molecule has 8 heteroatoms. The zero-order valence-corrected chi connectivity index (χ0v) is 18.9. The summed E-state index contributed by atoms with van der Waals surface area (Å²) in [6.07, 6.45) is 0.794. The van der Waals surface area contributed by atoms with Crippen LogP contribution in [0.4, 0.5) is 10.1 Å². The quantitative estimate of drug-likeness (QED) is 0.652. The van der Waals surface area contributed by atoms with Crippen LogP contribution < -0.4 is 15.4 Å². The van der Waals surface area contributed by atoms with E-state index in [-0.39, 0.29) is 30.5 Å². The molecule has 1 heterocycles. The van der Waals surface area contributed by atoms with Crippen LogP contribution >= 0.6 is 12.4 Å². The van der Waals surface area contributed by atoms with Crippen molar-refractivity contribution in [1.29, 1.82) is 0 Å². The summed E-state index contributed by atoms with van der Waals surface area (Å²) >= 11 is 0. The van der Waals surface area contributed by atoms with E-state index >= 15 is 0 Å². The highest BCUT2D eigenvalue weighted by Crippen LogP contribution is 2.31. The summed E-state index contributed by atoms with van der Waals surface area (Å²) in [7, 11) is 1.61. The van der Waals surface area contributed by atoms with Gasteiger partial charge in [-0.25, -0.2) is 4.39 Å². The van der Waals surface area contributed by atoms with Gasteiger partial charge < -0.3 is 20.1 Å².